The van der Waals surface area contributed by atoms with Crippen LogP contribution in [0.3, 0.4) is 0 Å². The Labute approximate surface area is 93.3 Å². The van der Waals surface area contributed by atoms with Crippen molar-refractivity contribution in [2.75, 3.05) is 0 Å². The molecule has 0 aliphatic rings. The van der Waals surface area contributed by atoms with Gasteiger partial charge in [0.2, 0.25) is 5.91 Å². The lowest BCUT2D eigenvalue weighted by atomic mass is 10.1. The lowest BCUT2D eigenvalue weighted by molar-refractivity contribution is -0.141. The van der Waals surface area contributed by atoms with Crippen LogP contribution in [-0.2, 0) is 22.6 Å². The number of nitrogens with one attached hydrogen (secondary N) is 1. The fourth-order valence-electron chi connectivity index (χ4n) is 1.37. The minimum Gasteiger partial charge on any atom is -0.480 e. The van der Waals surface area contributed by atoms with Crippen molar-refractivity contribution in [1.82, 2.24) is 15.1 Å². The number of aryl methyl sites for hydroxylation is 1. The van der Waals surface area contributed by atoms with Crippen LogP contribution in [0, 0.1) is 0 Å². The third-order valence-electron chi connectivity index (χ3n) is 2.13. The van der Waals surface area contributed by atoms with Crippen LogP contribution in [0.5, 0.6) is 0 Å². The first kappa shape index (κ1) is 12.2. The first-order valence-corrected chi connectivity index (χ1v) is 5.04. The molecule has 0 radical (unpaired) electrons. The average Bonchev–Trinajstić information content (AvgIpc) is 2.63. The van der Waals surface area contributed by atoms with Gasteiger partial charge < -0.3 is 10.4 Å². The van der Waals surface area contributed by atoms with E-state index in [0.717, 1.165) is 12.1 Å². The average molecular weight is 225 g/mol. The number of carboxylic acids is 1. The lowest BCUT2D eigenvalue weighted by Gasteiger charge is -2.11. The SMILES string of the molecule is CCn1cc(CC(NC(C)=O)C(=O)O)cn1. The minimum atomic E-state index is -1.04. The van der Waals surface area contributed by atoms with Crippen molar-refractivity contribution in [1.29, 1.82) is 0 Å². The Morgan fingerprint density at radius 2 is 2.31 bits per heavy atom. The van der Waals surface area contributed by atoms with Gasteiger partial charge in [-0.25, -0.2) is 4.79 Å². The molecule has 1 aromatic heterocycles. The van der Waals surface area contributed by atoms with E-state index in [1.807, 2.05) is 6.92 Å². The third-order valence-corrected chi connectivity index (χ3v) is 2.13. The molecule has 1 heterocycles. The molecule has 0 saturated heterocycles. The molecular formula is C10H15N3O3. The molecule has 6 nitrogen and oxygen atoms in total. The van der Waals surface area contributed by atoms with Crippen molar-refractivity contribution in [2.24, 2.45) is 0 Å². The van der Waals surface area contributed by atoms with Gasteiger partial charge in [-0.05, 0) is 12.5 Å². The summed E-state index contributed by atoms with van der Waals surface area (Å²) in [6.45, 7) is 3.97. The van der Waals surface area contributed by atoms with Gasteiger partial charge in [0.05, 0.1) is 6.20 Å². The fraction of sp³-hybridized carbons (Fsp3) is 0.500. The molecule has 1 atom stereocenters. The van der Waals surface area contributed by atoms with Gasteiger partial charge in [0.15, 0.2) is 0 Å². The number of amides is 1. The number of carboxylic acid groups (broad SMARTS) is 1. The maximum Gasteiger partial charge on any atom is 0.326 e. The van der Waals surface area contributed by atoms with Crippen LogP contribution in [-0.4, -0.2) is 32.8 Å². The molecule has 0 fully saturated rings. The van der Waals surface area contributed by atoms with Crippen molar-refractivity contribution < 1.29 is 14.7 Å². The highest BCUT2D eigenvalue weighted by molar-refractivity contribution is 5.82. The highest BCUT2D eigenvalue weighted by Crippen LogP contribution is 2.03. The second kappa shape index (κ2) is 5.29. The van der Waals surface area contributed by atoms with Gasteiger partial charge in [0, 0.05) is 26.1 Å². The molecule has 1 amide bonds. The molecule has 0 spiro atoms. The van der Waals surface area contributed by atoms with Crippen LogP contribution < -0.4 is 5.32 Å². The monoisotopic (exact) mass is 225 g/mol. The molecule has 88 valence electrons. The molecular weight excluding hydrogens is 210 g/mol. The molecule has 1 rings (SSSR count). The molecule has 6 heteroatoms. The summed E-state index contributed by atoms with van der Waals surface area (Å²) in [7, 11) is 0. The predicted molar refractivity (Wildman–Crippen MR) is 56.8 cm³/mol. The lowest BCUT2D eigenvalue weighted by Crippen LogP contribution is -2.41. The summed E-state index contributed by atoms with van der Waals surface area (Å²) in [6, 6.07) is -0.896. The summed E-state index contributed by atoms with van der Waals surface area (Å²) < 4.78 is 1.71. The van der Waals surface area contributed by atoms with Crippen LogP contribution >= 0.6 is 0 Å². The maximum absolute atomic E-state index is 10.9. The van der Waals surface area contributed by atoms with Crippen molar-refractivity contribution in [3.63, 3.8) is 0 Å². The highest BCUT2D eigenvalue weighted by atomic mass is 16.4. The topological polar surface area (TPSA) is 84.2 Å². The molecule has 0 saturated carbocycles. The van der Waals surface area contributed by atoms with Crippen molar-refractivity contribution >= 4 is 11.9 Å². The second-order valence-electron chi connectivity index (χ2n) is 3.50. The molecule has 1 aromatic rings. The Balaban J connectivity index is 2.67. The van der Waals surface area contributed by atoms with Crippen LogP contribution in [0.2, 0.25) is 0 Å². The molecule has 16 heavy (non-hydrogen) atoms. The normalized spacial score (nSPS) is 12.1. The number of nitrogens with zero attached hydrogens (tertiary/aromatic N) is 2. The van der Waals surface area contributed by atoms with Crippen molar-refractivity contribution in [3.8, 4) is 0 Å². The van der Waals surface area contributed by atoms with Gasteiger partial charge in [0.1, 0.15) is 6.04 Å². The number of hydrogen-bond donors (Lipinski definition) is 2. The van der Waals surface area contributed by atoms with Crippen molar-refractivity contribution in [2.45, 2.75) is 32.9 Å². The summed E-state index contributed by atoms with van der Waals surface area (Å²) in [5.74, 6) is -1.39. The Kier molecular flexibility index (Phi) is 4.04. The molecule has 0 bridgehead atoms. The van der Waals surface area contributed by atoms with Crippen molar-refractivity contribution in [3.05, 3.63) is 18.0 Å². The van der Waals surface area contributed by atoms with E-state index in [-0.39, 0.29) is 12.3 Å². The minimum absolute atomic E-state index is 0.245. The summed E-state index contributed by atoms with van der Waals surface area (Å²) >= 11 is 0. The van der Waals surface area contributed by atoms with Gasteiger partial charge in [-0.3, -0.25) is 9.48 Å². The molecule has 0 aromatic carbocycles. The summed E-state index contributed by atoms with van der Waals surface area (Å²) in [5.41, 5.74) is 0.794. The van der Waals surface area contributed by atoms with Crippen LogP contribution in [0.1, 0.15) is 19.4 Å². The van der Waals surface area contributed by atoms with Gasteiger partial charge >= 0.3 is 5.97 Å². The fourth-order valence-corrected chi connectivity index (χ4v) is 1.37. The second-order valence-corrected chi connectivity index (χ2v) is 3.50. The van der Waals surface area contributed by atoms with E-state index < -0.39 is 12.0 Å². The van der Waals surface area contributed by atoms with E-state index in [9.17, 15) is 9.59 Å². The predicted octanol–water partition coefficient (Wildman–Crippen LogP) is 0.0348. The standard InChI is InChI=1S/C10H15N3O3/c1-3-13-6-8(5-11-13)4-9(10(15)16)12-7(2)14/h5-6,9H,3-4H2,1-2H3,(H,12,14)(H,15,16). The Morgan fingerprint density at radius 3 is 2.75 bits per heavy atom. The molecule has 1 unspecified atom stereocenters. The maximum atomic E-state index is 10.9. The van der Waals surface area contributed by atoms with Crippen LogP contribution in [0.4, 0.5) is 0 Å². The first-order valence-electron chi connectivity index (χ1n) is 5.04. The summed E-state index contributed by atoms with van der Waals surface area (Å²) in [6.07, 6.45) is 3.63. The zero-order valence-corrected chi connectivity index (χ0v) is 9.30. The largest absolute Gasteiger partial charge is 0.480 e. The summed E-state index contributed by atoms with van der Waals surface area (Å²) in [5, 5.41) is 15.3. The molecule has 0 aliphatic carbocycles. The number of hydrogen-bond acceptors (Lipinski definition) is 3. The number of carbonyl (C=O) groups is 2. The zero-order chi connectivity index (χ0) is 12.1. The molecule has 0 aliphatic heterocycles. The smallest absolute Gasteiger partial charge is 0.326 e. The van der Waals surface area contributed by atoms with E-state index >= 15 is 0 Å². The van der Waals surface area contributed by atoms with Crippen LogP contribution in [0.15, 0.2) is 12.4 Å². The molecule has 2 N–H and O–H groups in total. The van der Waals surface area contributed by atoms with E-state index in [4.69, 9.17) is 5.11 Å². The van der Waals surface area contributed by atoms with Gasteiger partial charge in [-0.15, -0.1) is 0 Å². The van der Waals surface area contributed by atoms with E-state index in [0.29, 0.717) is 0 Å². The number of carbonyl (C=O) groups excluding carboxylic acids is 1. The number of aromatic nitrogens is 2. The van der Waals surface area contributed by atoms with E-state index in [1.54, 1.807) is 17.1 Å². The van der Waals surface area contributed by atoms with E-state index in [1.165, 1.54) is 6.92 Å². The summed E-state index contributed by atoms with van der Waals surface area (Å²) in [4.78, 5) is 21.7. The Morgan fingerprint density at radius 1 is 1.62 bits per heavy atom. The van der Waals surface area contributed by atoms with Crippen LogP contribution in [0.25, 0.3) is 0 Å². The number of aliphatic carboxylic acids is 1. The zero-order valence-electron chi connectivity index (χ0n) is 9.30. The van der Waals surface area contributed by atoms with Gasteiger partial charge in [-0.2, -0.15) is 5.10 Å². The van der Waals surface area contributed by atoms with E-state index in [2.05, 4.69) is 10.4 Å². The Hall–Kier alpha value is -1.85. The van der Waals surface area contributed by atoms with Gasteiger partial charge in [-0.1, -0.05) is 0 Å². The Bertz CT molecular complexity index is 386. The number of rotatable bonds is 5. The highest BCUT2D eigenvalue weighted by Gasteiger charge is 2.19. The first-order chi connectivity index (χ1) is 7.52. The third kappa shape index (κ3) is 3.38. The van der Waals surface area contributed by atoms with Gasteiger partial charge in [0.25, 0.3) is 0 Å². The quantitative estimate of drug-likeness (QED) is 0.740.